The second-order valence-corrected chi connectivity index (χ2v) is 6.17. The topological polar surface area (TPSA) is 50.4 Å². The van der Waals surface area contributed by atoms with Crippen molar-refractivity contribution < 1.29 is 9.53 Å². The van der Waals surface area contributed by atoms with Crippen molar-refractivity contribution >= 4 is 5.91 Å². The number of carbonyl (C=O) groups is 1. The van der Waals surface area contributed by atoms with Gasteiger partial charge in [0.1, 0.15) is 0 Å². The van der Waals surface area contributed by atoms with E-state index < -0.39 is 0 Å². The lowest BCUT2D eigenvalue weighted by atomic mass is 9.91. The van der Waals surface area contributed by atoms with Gasteiger partial charge in [-0.2, -0.15) is 0 Å². The Hall–Kier alpha value is -0.610. The minimum atomic E-state index is 0.305. The molecule has 0 aromatic rings. The van der Waals surface area contributed by atoms with Gasteiger partial charge in [-0.1, -0.05) is 0 Å². The number of ether oxygens (including phenoxy) is 1. The molecule has 1 saturated carbocycles. The van der Waals surface area contributed by atoms with Gasteiger partial charge in [0.25, 0.3) is 0 Å². The van der Waals surface area contributed by atoms with Crippen LogP contribution < -0.4 is 10.6 Å². The van der Waals surface area contributed by atoms with Crippen LogP contribution in [0.15, 0.2) is 0 Å². The lowest BCUT2D eigenvalue weighted by molar-refractivity contribution is -0.123. The smallest absolute Gasteiger partial charge is 0.223 e. The maximum Gasteiger partial charge on any atom is 0.223 e. The normalized spacial score (nSPS) is 31.2. The van der Waals surface area contributed by atoms with Crippen LogP contribution in [0.2, 0.25) is 0 Å². The Bertz CT molecular complexity index is 307. The summed E-state index contributed by atoms with van der Waals surface area (Å²) < 4.78 is 5.34. The van der Waals surface area contributed by atoms with Crippen LogP contribution in [-0.4, -0.2) is 38.8 Å². The van der Waals surface area contributed by atoms with E-state index in [1.807, 2.05) is 0 Å². The first kappa shape index (κ1) is 12.4. The lowest BCUT2D eigenvalue weighted by Gasteiger charge is -2.24. The van der Waals surface area contributed by atoms with E-state index in [4.69, 9.17) is 4.74 Å². The van der Waals surface area contributed by atoms with Gasteiger partial charge in [0, 0.05) is 25.7 Å². The second-order valence-electron chi connectivity index (χ2n) is 6.17. The summed E-state index contributed by atoms with van der Waals surface area (Å²) in [5, 5.41) is 6.55. The largest absolute Gasteiger partial charge is 0.381 e. The molecule has 18 heavy (non-hydrogen) atoms. The molecule has 1 atom stereocenters. The van der Waals surface area contributed by atoms with Crippen molar-refractivity contribution in [2.24, 2.45) is 17.3 Å². The Morgan fingerprint density at radius 1 is 1.28 bits per heavy atom. The van der Waals surface area contributed by atoms with E-state index in [1.54, 1.807) is 0 Å². The number of carbonyl (C=O) groups excluding carboxylic acids is 1. The molecule has 102 valence electrons. The molecule has 3 rings (SSSR count). The van der Waals surface area contributed by atoms with Crippen LogP contribution in [0.1, 0.15) is 32.1 Å². The first-order valence-corrected chi connectivity index (χ1v) is 7.36. The van der Waals surface area contributed by atoms with E-state index in [9.17, 15) is 4.79 Å². The van der Waals surface area contributed by atoms with Crippen molar-refractivity contribution in [3.8, 4) is 0 Å². The summed E-state index contributed by atoms with van der Waals surface area (Å²) in [6, 6.07) is 0. The van der Waals surface area contributed by atoms with Gasteiger partial charge in [-0.3, -0.25) is 4.79 Å². The van der Waals surface area contributed by atoms with Crippen molar-refractivity contribution in [1.29, 1.82) is 0 Å². The summed E-state index contributed by atoms with van der Waals surface area (Å²) in [5.41, 5.74) is 0.366. The van der Waals surface area contributed by atoms with Gasteiger partial charge in [-0.25, -0.2) is 0 Å². The summed E-state index contributed by atoms with van der Waals surface area (Å²) >= 11 is 0. The number of nitrogens with one attached hydrogen (secondary N) is 2. The molecule has 2 N–H and O–H groups in total. The predicted octanol–water partition coefficient (Wildman–Crippen LogP) is 0.919. The Morgan fingerprint density at radius 2 is 2.00 bits per heavy atom. The quantitative estimate of drug-likeness (QED) is 0.785. The molecule has 4 nitrogen and oxygen atoms in total. The Labute approximate surface area is 109 Å². The molecule has 0 aromatic carbocycles. The monoisotopic (exact) mass is 252 g/mol. The van der Waals surface area contributed by atoms with Crippen molar-refractivity contribution in [1.82, 2.24) is 10.6 Å². The van der Waals surface area contributed by atoms with Crippen LogP contribution >= 0.6 is 0 Å². The van der Waals surface area contributed by atoms with E-state index >= 15 is 0 Å². The fourth-order valence-electron chi connectivity index (χ4n) is 3.51. The van der Waals surface area contributed by atoms with Crippen molar-refractivity contribution in [2.75, 3.05) is 32.8 Å². The van der Waals surface area contributed by atoms with Crippen LogP contribution in [0.25, 0.3) is 0 Å². The van der Waals surface area contributed by atoms with Gasteiger partial charge in [0.2, 0.25) is 5.91 Å². The van der Waals surface area contributed by atoms with E-state index in [0.717, 1.165) is 52.1 Å². The van der Waals surface area contributed by atoms with Gasteiger partial charge in [-0.15, -0.1) is 0 Å². The summed E-state index contributed by atoms with van der Waals surface area (Å²) in [6.07, 6.45) is 5.68. The Morgan fingerprint density at radius 3 is 2.72 bits per heavy atom. The highest BCUT2D eigenvalue weighted by Gasteiger charge is 2.57. The van der Waals surface area contributed by atoms with Crippen molar-refractivity contribution in [3.63, 3.8) is 0 Å². The molecule has 4 heteroatoms. The minimum Gasteiger partial charge on any atom is -0.381 e. The van der Waals surface area contributed by atoms with E-state index in [1.165, 1.54) is 12.8 Å². The molecule has 0 bridgehead atoms. The van der Waals surface area contributed by atoms with Gasteiger partial charge < -0.3 is 15.4 Å². The summed E-state index contributed by atoms with van der Waals surface area (Å²) in [6.45, 7) is 4.75. The maximum atomic E-state index is 12.2. The van der Waals surface area contributed by atoms with Gasteiger partial charge in [0.05, 0.1) is 0 Å². The van der Waals surface area contributed by atoms with Crippen LogP contribution in [0.3, 0.4) is 0 Å². The zero-order valence-electron chi connectivity index (χ0n) is 11.0. The van der Waals surface area contributed by atoms with Crippen LogP contribution in [0, 0.1) is 17.3 Å². The number of hydrogen-bond acceptors (Lipinski definition) is 3. The fourth-order valence-corrected chi connectivity index (χ4v) is 3.51. The van der Waals surface area contributed by atoms with Gasteiger partial charge in [-0.05, 0) is 56.5 Å². The molecular weight excluding hydrogens is 228 g/mol. The van der Waals surface area contributed by atoms with E-state index in [0.29, 0.717) is 23.2 Å². The number of rotatable bonds is 3. The molecular formula is C14H24N2O2. The molecule has 1 aliphatic carbocycles. The van der Waals surface area contributed by atoms with E-state index in [-0.39, 0.29) is 0 Å². The van der Waals surface area contributed by atoms with Gasteiger partial charge >= 0.3 is 0 Å². The number of hydrogen-bond donors (Lipinski definition) is 2. The first-order valence-electron chi connectivity index (χ1n) is 7.36. The second kappa shape index (κ2) is 5.17. The Balaban J connectivity index is 1.42. The SMILES string of the molecule is O=C(NCC1CCOCC1)C1CC12CCNCC2. The summed E-state index contributed by atoms with van der Waals surface area (Å²) in [4.78, 5) is 12.2. The molecule has 3 aliphatic rings. The molecule has 3 fully saturated rings. The van der Waals surface area contributed by atoms with Crippen molar-refractivity contribution in [3.05, 3.63) is 0 Å². The maximum absolute atomic E-state index is 12.2. The van der Waals surface area contributed by atoms with Gasteiger partial charge in [0.15, 0.2) is 0 Å². The minimum absolute atomic E-state index is 0.305. The third-order valence-corrected chi connectivity index (χ3v) is 5.01. The third kappa shape index (κ3) is 2.54. The van der Waals surface area contributed by atoms with Crippen LogP contribution in [-0.2, 0) is 9.53 Å². The highest BCUT2D eigenvalue weighted by Crippen LogP contribution is 2.58. The summed E-state index contributed by atoms with van der Waals surface area (Å²) in [5.74, 6) is 1.24. The standard InChI is InChI=1S/C14H24N2O2/c17-13(16-10-11-1-7-18-8-2-11)12-9-14(12)3-5-15-6-4-14/h11-12,15H,1-10H2,(H,16,17). The molecule has 1 unspecified atom stereocenters. The highest BCUT2D eigenvalue weighted by molar-refractivity contribution is 5.82. The molecule has 1 spiro atoms. The third-order valence-electron chi connectivity index (χ3n) is 5.01. The zero-order chi connectivity index (χ0) is 12.4. The number of piperidine rings is 1. The van der Waals surface area contributed by atoms with Crippen molar-refractivity contribution in [2.45, 2.75) is 32.1 Å². The van der Waals surface area contributed by atoms with Crippen LogP contribution in [0.5, 0.6) is 0 Å². The molecule has 0 radical (unpaired) electrons. The fraction of sp³-hybridized carbons (Fsp3) is 0.929. The average Bonchev–Trinajstić information content (AvgIpc) is 3.12. The van der Waals surface area contributed by atoms with Crippen LogP contribution in [0.4, 0.5) is 0 Å². The molecule has 2 aliphatic heterocycles. The van der Waals surface area contributed by atoms with E-state index in [2.05, 4.69) is 10.6 Å². The summed E-state index contributed by atoms with van der Waals surface area (Å²) in [7, 11) is 0. The zero-order valence-corrected chi connectivity index (χ0v) is 11.0. The molecule has 2 saturated heterocycles. The molecule has 0 aromatic heterocycles. The first-order chi connectivity index (χ1) is 8.80. The average molecular weight is 252 g/mol. The molecule has 1 amide bonds. The molecule has 2 heterocycles. The number of amides is 1. The Kier molecular flexibility index (Phi) is 3.57. The predicted molar refractivity (Wildman–Crippen MR) is 69.2 cm³/mol. The lowest BCUT2D eigenvalue weighted by Crippen LogP contribution is -2.36. The highest BCUT2D eigenvalue weighted by atomic mass is 16.5.